The van der Waals surface area contributed by atoms with E-state index in [4.69, 9.17) is 10.5 Å². The summed E-state index contributed by atoms with van der Waals surface area (Å²) in [5, 5.41) is 12.0. The van der Waals surface area contributed by atoms with E-state index >= 15 is 0 Å². The lowest BCUT2D eigenvalue weighted by Crippen LogP contribution is -1.83. The lowest BCUT2D eigenvalue weighted by molar-refractivity contribution is -0.176. The van der Waals surface area contributed by atoms with Gasteiger partial charge in [0.05, 0.1) is 0 Å². The third-order valence-corrected chi connectivity index (χ3v) is 1.81. The highest BCUT2D eigenvalue weighted by atomic mass is 17.0. The highest BCUT2D eigenvalue weighted by Gasteiger charge is 1.94. The Hall–Kier alpha value is -1.12. The van der Waals surface area contributed by atoms with E-state index in [1.807, 2.05) is 6.07 Å². The van der Waals surface area contributed by atoms with E-state index in [9.17, 15) is 0 Å². The van der Waals surface area contributed by atoms with Gasteiger partial charge in [-0.15, -0.1) is 0 Å². The molecular formula is C12H18O2. The van der Waals surface area contributed by atoms with Crippen molar-refractivity contribution < 1.29 is 10.5 Å². The fourth-order valence-corrected chi connectivity index (χ4v) is 1.30. The smallest absolute Gasteiger partial charge is 0.0230 e. The molecule has 2 nitrogen and oxygen atoms in total. The van der Waals surface area contributed by atoms with E-state index in [0.29, 0.717) is 5.92 Å². The molecule has 78 valence electrons. The van der Waals surface area contributed by atoms with Crippen LogP contribution in [-0.4, -0.2) is 10.5 Å². The van der Waals surface area contributed by atoms with Gasteiger partial charge in [-0.25, -0.2) is 0 Å². The molecule has 1 aromatic rings. The molecule has 1 aromatic carbocycles. The summed E-state index contributed by atoms with van der Waals surface area (Å²) in [4.78, 5) is 0. The van der Waals surface area contributed by atoms with E-state index in [0.717, 1.165) is 0 Å². The maximum Gasteiger partial charge on any atom is -0.0230 e. The average molecular weight is 194 g/mol. The van der Waals surface area contributed by atoms with Gasteiger partial charge in [0.15, 0.2) is 0 Å². The second-order valence-electron chi connectivity index (χ2n) is 3.46. The summed E-state index contributed by atoms with van der Waals surface area (Å²) < 4.78 is 0. The molecule has 0 aliphatic rings. The lowest BCUT2D eigenvalue weighted by atomic mass is 10.0. The summed E-state index contributed by atoms with van der Waals surface area (Å²) in [6, 6.07) is 10.5. The van der Waals surface area contributed by atoms with E-state index < -0.39 is 0 Å². The van der Waals surface area contributed by atoms with Gasteiger partial charge in [-0.3, -0.25) is 10.5 Å². The van der Waals surface area contributed by atoms with Gasteiger partial charge in [0.2, 0.25) is 0 Å². The van der Waals surface area contributed by atoms with Crippen molar-refractivity contribution in [2.45, 2.75) is 20.8 Å². The maximum atomic E-state index is 6.00. The van der Waals surface area contributed by atoms with Gasteiger partial charge < -0.3 is 0 Å². The zero-order valence-corrected chi connectivity index (χ0v) is 8.94. The van der Waals surface area contributed by atoms with Crippen LogP contribution in [0.4, 0.5) is 0 Å². The second-order valence-corrected chi connectivity index (χ2v) is 3.46. The van der Waals surface area contributed by atoms with Crippen molar-refractivity contribution in [1.29, 1.82) is 0 Å². The first-order valence-corrected chi connectivity index (χ1v) is 4.64. The minimum absolute atomic E-state index is 0.630. The normalized spacial score (nSPS) is 10.9. The highest BCUT2D eigenvalue weighted by molar-refractivity contribution is 5.63. The predicted octanol–water partition coefficient (Wildman–Crippen LogP) is 3.76. The van der Waals surface area contributed by atoms with Gasteiger partial charge in [0.1, 0.15) is 0 Å². The molecule has 0 aromatic heterocycles. The molecule has 0 aliphatic carbocycles. The summed E-state index contributed by atoms with van der Waals surface area (Å²) >= 11 is 0. The van der Waals surface area contributed by atoms with Gasteiger partial charge >= 0.3 is 0 Å². The van der Waals surface area contributed by atoms with E-state index in [1.165, 1.54) is 11.1 Å². The van der Waals surface area contributed by atoms with Crippen LogP contribution in [0, 0.1) is 5.92 Å². The molecule has 0 spiro atoms. The minimum Gasteiger partial charge on any atom is -0.255 e. The van der Waals surface area contributed by atoms with Crippen LogP contribution in [0.15, 0.2) is 36.4 Å². The number of hydrogen-bond donors (Lipinski definition) is 2. The average Bonchev–Trinajstić information content (AvgIpc) is 2.21. The first-order valence-electron chi connectivity index (χ1n) is 4.64. The largest absolute Gasteiger partial charge is 0.255 e. The van der Waals surface area contributed by atoms with Crippen molar-refractivity contribution in [3.8, 4) is 0 Å². The van der Waals surface area contributed by atoms with Crippen LogP contribution < -0.4 is 0 Å². The molecular weight excluding hydrogens is 176 g/mol. The van der Waals surface area contributed by atoms with Crippen molar-refractivity contribution in [2.75, 3.05) is 0 Å². The molecule has 0 amide bonds. The van der Waals surface area contributed by atoms with Crippen molar-refractivity contribution in [2.24, 2.45) is 5.92 Å². The summed E-state index contributed by atoms with van der Waals surface area (Å²) in [7, 11) is 0. The Bertz CT molecular complexity index is 263. The third kappa shape index (κ3) is 4.80. The maximum absolute atomic E-state index is 6.00. The SMILES string of the molecule is CC(=CC(C)C)c1ccccc1.OO. The zero-order chi connectivity index (χ0) is 11.0. The molecule has 0 unspecified atom stereocenters. The monoisotopic (exact) mass is 194 g/mol. The fourth-order valence-electron chi connectivity index (χ4n) is 1.30. The first kappa shape index (κ1) is 12.9. The molecule has 0 aliphatic heterocycles. The van der Waals surface area contributed by atoms with Crippen LogP contribution in [0.5, 0.6) is 0 Å². The Labute approximate surface area is 85.5 Å². The summed E-state index contributed by atoms with van der Waals surface area (Å²) in [6.07, 6.45) is 2.29. The van der Waals surface area contributed by atoms with Crippen LogP contribution >= 0.6 is 0 Å². The first-order chi connectivity index (χ1) is 6.70. The number of allylic oxidation sites excluding steroid dienone is 2. The van der Waals surface area contributed by atoms with E-state index in [2.05, 4.69) is 51.1 Å². The van der Waals surface area contributed by atoms with Gasteiger partial charge in [-0.2, -0.15) is 0 Å². The molecule has 2 heteroatoms. The van der Waals surface area contributed by atoms with Crippen molar-refractivity contribution in [1.82, 2.24) is 0 Å². The Morgan fingerprint density at radius 3 is 2.07 bits per heavy atom. The van der Waals surface area contributed by atoms with Crippen molar-refractivity contribution >= 4 is 5.57 Å². The summed E-state index contributed by atoms with van der Waals surface area (Å²) in [5.74, 6) is 0.630. The van der Waals surface area contributed by atoms with Crippen LogP contribution in [0.1, 0.15) is 26.3 Å². The van der Waals surface area contributed by atoms with Crippen molar-refractivity contribution in [3.05, 3.63) is 42.0 Å². The molecule has 2 N–H and O–H groups in total. The number of benzene rings is 1. The van der Waals surface area contributed by atoms with Crippen LogP contribution in [0.3, 0.4) is 0 Å². The Morgan fingerprint density at radius 1 is 1.14 bits per heavy atom. The summed E-state index contributed by atoms with van der Waals surface area (Å²) in [6.45, 7) is 6.56. The summed E-state index contributed by atoms with van der Waals surface area (Å²) in [5.41, 5.74) is 2.69. The number of rotatable bonds is 2. The zero-order valence-electron chi connectivity index (χ0n) is 8.94. The Balaban J connectivity index is 0.000000791. The quantitative estimate of drug-likeness (QED) is 0.556. The van der Waals surface area contributed by atoms with E-state index in [-0.39, 0.29) is 0 Å². The van der Waals surface area contributed by atoms with Gasteiger partial charge in [-0.1, -0.05) is 50.3 Å². The highest BCUT2D eigenvalue weighted by Crippen LogP contribution is 2.14. The lowest BCUT2D eigenvalue weighted by Gasteiger charge is -2.02. The Kier molecular flexibility index (Phi) is 6.72. The molecule has 0 bridgehead atoms. The van der Waals surface area contributed by atoms with Gasteiger partial charge in [0, 0.05) is 0 Å². The molecule has 14 heavy (non-hydrogen) atoms. The van der Waals surface area contributed by atoms with Gasteiger partial charge in [0.25, 0.3) is 0 Å². The predicted molar refractivity (Wildman–Crippen MR) is 60.2 cm³/mol. The molecule has 0 saturated heterocycles. The fraction of sp³-hybridized carbons (Fsp3) is 0.333. The molecule has 0 radical (unpaired) electrons. The van der Waals surface area contributed by atoms with Crippen LogP contribution in [0.2, 0.25) is 0 Å². The van der Waals surface area contributed by atoms with E-state index in [1.54, 1.807) is 0 Å². The van der Waals surface area contributed by atoms with Crippen LogP contribution in [0.25, 0.3) is 5.57 Å². The number of hydrogen-bond acceptors (Lipinski definition) is 2. The standard InChI is InChI=1S/C12H16.H2O2/c1-10(2)9-11(3)12-7-5-4-6-8-12;1-2/h4-10H,1-3H3;1-2H. The molecule has 0 fully saturated rings. The molecule has 0 atom stereocenters. The van der Waals surface area contributed by atoms with Crippen LogP contribution in [-0.2, 0) is 0 Å². The van der Waals surface area contributed by atoms with Gasteiger partial charge in [-0.05, 0) is 24.0 Å². The minimum atomic E-state index is 0.630. The molecule has 1 rings (SSSR count). The molecule has 0 heterocycles. The Morgan fingerprint density at radius 2 is 1.64 bits per heavy atom. The topological polar surface area (TPSA) is 40.5 Å². The molecule has 0 saturated carbocycles. The second kappa shape index (κ2) is 7.30. The van der Waals surface area contributed by atoms with Crippen molar-refractivity contribution in [3.63, 3.8) is 0 Å². The third-order valence-electron chi connectivity index (χ3n) is 1.81.